The van der Waals surface area contributed by atoms with Gasteiger partial charge in [-0.15, -0.1) is 0 Å². The molecule has 4 heteroatoms. The summed E-state index contributed by atoms with van der Waals surface area (Å²) in [7, 11) is 1.60. The Kier molecular flexibility index (Phi) is 4.42. The van der Waals surface area contributed by atoms with E-state index in [2.05, 4.69) is 5.32 Å². The van der Waals surface area contributed by atoms with Crippen molar-refractivity contribution in [2.75, 3.05) is 12.4 Å². The number of rotatable bonds is 4. The lowest BCUT2D eigenvalue weighted by Gasteiger charge is -2.07. The first-order chi connectivity index (χ1) is 9.19. The Labute approximate surface area is 117 Å². The Morgan fingerprint density at radius 2 is 1.84 bits per heavy atom. The molecule has 0 fully saturated rings. The van der Waals surface area contributed by atoms with Crippen LogP contribution in [0.2, 0.25) is 5.02 Å². The molecule has 0 aliphatic rings. The zero-order valence-electron chi connectivity index (χ0n) is 10.5. The van der Waals surface area contributed by atoms with Crippen LogP contribution in [0.4, 0.5) is 5.69 Å². The average molecular weight is 276 g/mol. The molecule has 0 atom stereocenters. The van der Waals surface area contributed by atoms with Crippen LogP contribution >= 0.6 is 11.6 Å². The number of anilines is 1. The second-order valence-corrected chi connectivity index (χ2v) is 4.45. The van der Waals surface area contributed by atoms with Gasteiger partial charge in [-0.05, 0) is 35.9 Å². The van der Waals surface area contributed by atoms with Crippen molar-refractivity contribution < 1.29 is 9.53 Å². The van der Waals surface area contributed by atoms with Crippen molar-refractivity contribution >= 4 is 23.2 Å². The van der Waals surface area contributed by atoms with Gasteiger partial charge in [0.2, 0.25) is 5.91 Å². The van der Waals surface area contributed by atoms with Crippen LogP contribution in [0.25, 0.3) is 0 Å². The van der Waals surface area contributed by atoms with Crippen LogP contribution in [0.3, 0.4) is 0 Å². The molecule has 1 amide bonds. The molecule has 0 saturated carbocycles. The summed E-state index contributed by atoms with van der Waals surface area (Å²) in [5, 5.41) is 3.42. The number of nitrogens with one attached hydrogen (secondary N) is 1. The second kappa shape index (κ2) is 6.25. The molecule has 0 aromatic heterocycles. The molecule has 0 unspecified atom stereocenters. The van der Waals surface area contributed by atoms with Gasteiger partial charge in [-0.3, -0.25) is 4.79 Å². The summed E-state index contributed by atoms with van der Waals surface area (Å²) in [5.41, 5.74) is 1.55. The number of ether oxygens (including phenoxy) is 1. The molecule has 0 bridgehead atoms. The number of hydrogen-bond donors (Lipinski definition) is 1. The summed E-state index contributed by atoms with van der Waals surface area (Å²) < 4.78 is 5.06. The maximum absolute atomic E-state index is 11.9. The highest BCUT2D eigenvalue weighted by Gasteiger charge is 2.06. The minimum atomic E-state index is -0.0988. The summed E-state index contributed by atoms with van der Waals surface area (Å²) in [6.07, 6.45) is 0.256. The first-order valence-electron chi connectivity index (χ1n) is 5.86. The predicted molar refractivity (Wildman–Crippen MR) is 76.8 cm³/mol. The van der Waals surface area contributed by atoms with Gasteiger partial charge < -0.3 is 10.1 Å². The molecule has 0 aliphatic carbocycles. The molecule has 98 valence electrons. The van der Waals surface area contributed by atoms with Gasteiger partial charge in [-0.25, -0.2) is 0 Å². The second-order valence-electron chi connectivity index (χ2n) is 4.04. The van der Waals surface area contributed by atoms with Gasteiger partial charge in [0.05, 0.1) is 13.5 Å². The number of amides is 1. The van der Waals surface area contributed by atoms with Crippen molar-refractivity contribution in [3.8, 4) is 5.75 Å². The minimum absolute atomic E-state index is 0.0988. The van der Waals surface area contributed by atoms with E-state index in [0.29, 0.717) is 5.02 Å². The molecule has 0 saturated heterocycles. The smallest absolute Gasteiger partial charge is 0.228 e. The van der Waals surface area contributed by atoms with Crippen molar-refractivity contribution in [3.05, 3.63) is 59.1 Å². The Balaban J connectivity index is 1.99. The van der Waals surface area contributed by atoms with Crippen molar-refractivity contribution in [1.29, 1.82) is 0 Å². The van der Waals surface area contributed by atoms with Crippen molar-refractivity contribution in [2.45, 2.75) is 6.42 Å². The molecule has 2 aromatic rings. The van der Waals surface area contributed by atoms with E-state index in [1.165, 1.54) is 0 Å². The lowest BCUT2D eigenvalue weighted by Crippen LogP contribution is -2.14. The van der Waals surface area contributed by atoms with Crippen LogP contribution in [-0.4, -0.2) is 13.0 Å². The lowest BCUT2D eigenvalue weighted by molar-refractivity contribution is -0.115. The highest BCUT2D eigenvalue weighted by molar-refractivity contribution is 6.31. The summed E-state index contributed by atoms with van der Waals surface area (Å²) in [6, 6.07) is 14.5. The number of halogens is 1. The van der Waals surface area contributed by atoms with Crippen LogP contribution in [0, 0.1) is 0 Å². The van der Waals surface area contributed by atoms with Crippen LogP contribution in [-0.2, 0) is 11.2 Å². The monoisotopic (exact) mass is 275 g/mol. The molecule has 0 radical (unpaired) electrons. The lowest BCUT2D eigenvalue weighted by atomic mass is 10.1. The summed E-state index contributed by atoms with van der Waals surface area (Å²) >= 11 is 6.01. The van der Waals surface area contributed by atoms with E-state index in [1.807, 2.05) is 18.2 Å². The average Bonchev–Trinajstić information content (AvgIpc) is 2.42. The van der Waals surface area contributed by atoms with Gasteiger partial charge in [0.15, 0.2) is 0 Å². The Bertz CT molecular complexity index is 567. The van der Waals surface area contributed by atoms with E-state index >= 15 is 0 Å². The topological polar surface area (TPSA) is 38.3 Å². The summed E-state index contributed by atoms with van der Waals surface area (Å²) in [6.45, 7) is 0. The number of methoxy groups -OCH3 is 1. The van der Waals surface area contributed by atoms with Gasteiger partial charge in [-0.1, -0.05) is 29.8 Å². The van der Waals surface area contributed by atoms with Crippen LogP contribution < -0.4 is 10.1 Å². The van der Waals surface area contributed by atoms with Crippen LogP contribution in [0.1, 0.15) is 5.56 Å². The van der Waals surface area contributed by atoms with E-state index < -0.39 is 0 Å². The van der Waals surface area contributed by atoms with E-state index in [9.17, 15) is 4.79 Å². The fourth-order valence-corrected chi connectivity index (χ4v) is 1.90. The Hall–Kier alpha value is -2.00. The molecule has 0 aliphatic heterocycles. The third-order valence-electron chi connectivity index (χ3n) is 2.68. The first kappa shape index (κ1) is 13.4. The molecule has 19 heavy (non-hydrogen) atoms. The van der Waals surface area contributed by atoms with Gasteiger partial charge >= 0.3 is 0 Å². The highest BCUT2D eigenvalue weighted by atomic mass is 35.5. The molecule has 2 rings (SSSR count). The van der Waals surface area contributed by atoms with Gasteiger partial charge in [0.1, 0.15) is 5.75 Å². The largest absolute Gasteiger partial charge is 0.497 e. The SMILES string of the molecule is COc1ccc(NC(=O)Cc2ccccc2Cl)cc1. The maximum Gasteiger partial charge on any atom is 0.228 e. The van der Waals surface area contributed by atoms with Crippen molar-refractivity contribution in [2.24, 2.45) is 0 Å². The van der Waals surface area contributed by atoms with Gasteiger partial charge in [0, 0.05) is 10.7 Å². The molecular weight excluding hydrogens is 262 g/mol. The van der Waals surface area contributed by atoms with Crippen LogP contribution in [0.15, 0.2) is 48.5 Å². The molecule has 0 heterocycles. The third kappa shape index (κ3) is 3.73. The first-order valence-corrected chi connectivity index (χ1v) is 6.24. The van der Waals surface area contributed by atoms with Gasteiger partial charge in [0.25, 0.3) is 0 Å². The van der Waals surface area contributed by atoms with Crippen LogP contribution in [0.5, 0.6) is 5.75 Å². The zero-order valence-corrected chi connectivity index (χ0v) is 11.3. The molecule has 2 aromatic carbocycles. The fourth-order valence-electron chi connectivity index (χ4n) is 1.69. The zero-order chi connectivity index (χ0) is 13.7. The Morgan fingerprint density at radius 3 is 2.47 bits per heavy atom. The number of hydrogen-bond acceptors (Lipinski definition) is 2. The standard InChI is InChI=1S/C15H14ClNO2/c1-19-13-8-6-12(7-9-13)17-15(18)10-11-4-2-3-5-14(11)16/h2-9H,10H2,1H3,(H,17,18). The molecule has 3 nitrogen and oxygen atoms in total. The third-order valence-corrected chi connectivity index (χ3v) is 3.05. The fraction of sp³-hybridized carbons (Fsp3) is 0.133. The van der Waals surface area contributed by atoms with Crippen molar-refractivity contribution in [1.82, 2.24) is 0 Å². The number of carbonyl (C=O) groups excluding carboxylic acids is 1. The van der Waals surface area contributed by atoms with E-state index in [-0.39, 0.29) is 12.3 Å². The molecule has 0 spiro atoms. The normalized spacial score (nSPS) is 10.0. The number of benzene rings is 2. The van der Waals surface area contributed by atoms with Crippen molar-refractivity contribution in [3.63, 3.8) is 0 Å². The number of carbonyl (C=O) groups is 1. The van der Waals surface area contributed by atoms with E-state index in [0.717, 1.165) is 17.0 Å². The summed E-state index contributed by atoms with van der Waals surface area (Å²) in [5.74, 6) is 0.655. The molecular formula is C15H14ClNO2. The highest BCUT2D eigenvalue weighted by Crippen LogP contribution is 2.18. The predicted octanol–water partition coefficient (Wildman–Crippen LogP) is 3.53. The van der Waals surface area contributed by atoms with Gasteiger partial charge in [-0.2, -0.15) is 0 Å². The minimum Gasteiger partial charge on any atom is -0.497 e. The summed E-state index contributed by atoms with van der Waals surface area (Å²) in [4.78, 5) is 11.9. The Morgan fingerprint density at radius 1 is 1.16 bits per heavy atom. The maximum atomic E-state index is 11.9. The quantitative estimate of drug-likeness (QED) is 0.927. The molecule has 1 N–H and O–H groups in total. The van der Waals surface area contributed by atoms with E-state index in [4.69, 9.17) is 16.3 Å². The van der Waals surface area contributed by atoms with E-state index in [1.54, 1.807) is 37.4 Å².